The van der Waals surface area contributed by atoms with Gasteiger partial charge in [-0.3, -0.25) is 4.90 Å². The van der Waals surface area contributed by atoms with Crippen LogP contribution in [0.15, 0.2) is 6.33 Å². The molecule has 2 aliphatic rings. The predicted molar refractivity (Wildman–Crippen MR) is 68.8 cm³/mol. The molecule has 3 rings (SSSR count). The molecule has 1 aliphatic heterocycles. The fourth-order valence-electron chi connectivity index (χ4n) is 3.40. The summed E-state index contributed by atoms with van der Waals surface area (Å²) in [4.78, 5) is 7.14. The van der Waals surface area contributed by atoms with Gasteiger partial charge in [-0.05, 0) is 18.8 Å². The predicted octanol–water partition coefficient (Wildman–Crippen LogP) is 2.36. The SMILES string of the molecule is Cn1cnc2c1CCN(CC1CCCCC1)C2. The molecule has 1 saturated carbocycles. The van der Waals surface area contributed by atoms with Crippen LogP contribution in [0.1, 0.15) is 43.5 Å². The summed E-state index contributed by atoms with van der Waals surface area (Å²) >= 11 is 0. The number of hydrogen-bond acceptors (Lipinski definition) is 2. The molecule has 94 valence electrons. The Kier molecular flexibility index (Phi) is 3.19. The maximum atomic E-state index is 4.52. The first kappa shape index (κ1) is 11.3. The number of nitrogens with zero attached hydrogens (tertiary/aromatic N) is 3. The van der Waals surface area contributed by atoms with Crippen LogP contribution in [0.25, 0.3) is 0 Å². The van der Waals surface area contributed by atoms with Gasteiger partial charge in [-0.2, -0.15) is 0 Å². The van der Waals surface area contributed by atoms with Crippen molar-refractivity contribution in [3.05, 3.63) is 17.7 Å². The second-order valence-corrected chi connectivity index (χ2v) is 5.74. The molecule has 0 atom stereocenters. The summed E-state index contributed by atoms with van der Waals surface area (Å²) in [5.74, 6) is 0.953. The van der Waals surface area contributed by atoms with Crippen molar-refractivity contribution in [3.8, 4) is 0 Å². The van der Waals surface area contributed by atoms with Crippen molar-refractivity contribution >= 4 is 0 Å². The molecule has 3 nitrogen and oxygen atoms in total. The zero-order chi connectivity index (χ0) is 11.7. The van der Waals surface area contributed by atoms with Crippen LogP contribution in [0.4, 0.5) is 0 Å². The Morgan fingerprint density at radius 3 is 2.94 bits per heavy atom. The highest BCUT2D eigenvalue weighted by atomic mass is 15.2. The topological polar surface area (TPSA) is 21.1 Å². The van der Waals surface area contributed by atoms with Gasteiger partial charge in [0.1, 0.15) is 0 Å². The molecule has 0 bridgehead atoms. The summed E-state index contributed by atoms with van der Waals surface area (Å²) in [7, 11) is 2.11. The largest absolute Gasteiger partial charge is 0.337 e. The highest BCUT2D eigenvalue weighted by molar-refractivity contribution is 5.16. The molecule has 3 heteroatoms. The van der Waals surface area contributed by atoms with Crippen molar-refractivity contribution in [3.63, 3.8) is 0 Å². The summed E-state index contributed by atoms with van der Waals surface area (Å²) in [6.45, 7) is 3.60. The normalized spacial score (nSPS) is 22.6. The smallest absolute Gasteiger partial charge is 0.0949 e. The van der Waals surface area contributed by atoms with Gasteiger partial charge in [-0.25, -0.2) is 4.98 Å². The second-order valence-electron chi connectivity index (χ2n) is 5.74. The number of imidazole rings is 1. The van der Waals surface area contributed by atoms with E-state index in [1.54, 1.807) is 0 Å². The van der Waals surface area contributed by atoms with Gasteiger partial charge in [0.05, 0.1) is 12.0 Å². The van der Waals surface area contributed by atoms with E-state index in [0.717, 1.165) is 12.5 Å². The third kappa shape index (κ3) is 2.39. The Balaban J connectivity index is 1.60. The number of hydrogen-bond donors (Lipinski definition) is 0. The fourth-order valence-corrected chi connectivity index (χ4v) is 3.40. The molecule has 1 aromatic rings. The molecule has 2 heterocycles. The van der Waals surface area contributed by atoms with E-state index in [0.29, 0.717) is 0 Å². The van der Waals surface area contributed by atoms with Gasteiger partial charge in [-0.1, -0.05) is 19.3 Å². The zero-order valence-corrected chi connectivity index (χ0v) is 10.9. The molecule has 0 radical (unpaired) electrons. The average molecular weight is 233 g/mol. The van der Waals surface area contributed by atoms with Crippen molar-refractivity contribution in [1.82, 2.24) is 14.5 Å². The van der Waals surface area contributed by atoms with Crippen LogP contribution in [0, 0.1) is 5.92 Å². The first-order chi connectivity index (χ1) is 8.33. The van der Waals surface area contributed by atoms with E-state index in [9.17, 15) is 0 Å². The standard InChI is InChI=1S/C14H23N3/c1-16-11-15-13-10-17(8-7-14(13)16)9-12-5-3-2-4-6-12/h11-12H,2-10H2,1H3. The van der Waals surface area contributed by atoms with E-state index in [1.165, 1.54) is 63.0 Å². The lowest BCUT2D eigenvalue weighted by Crippen LogP contribution is -2.35. The molecule has 0 unspecified atom stereocenters. The summed E-state index contributed by atoms with van der Waals surface area (Å²) in [5.41, 5.74) is 2.76. The van der Waals surface area contributed by atoms with Gasteiger partial charge in [0.15, 0.2) is 0 Å². The Labute approximate surface area is 104 Å². The van der Waals surface area contributed by atoms with Crippen molar-refractivity contribution in [1.29, 1.82) is 0 Å². The third-order valence-electron chi connectivity index (χ3n) is 4.42. The highest BCUT2D eigenvalue weighted by Crippen LogP contribution is 2.26. The second kappa shape index (κ2) is 4.81. The maximum absolute atomic E-state index is 4.52. The van der Waals surface area contributed by atoms with Gasteiger partial charge in [0.2, 0.25) is 0 Å². The quantitative estimate of drug-likeness (QED) is 0.782. The van der Waals surface area contributed by atoms with Gasteiger partial charge >= 0.3 is 0 Å². The van der Waals surface area contributed by atoms with Crippen LogP contribution >= 0.6 is 0 Å². The third-order valence-corrected chi connectivity index (χ3v) is 4.42. The molecule has 1 aromatic heterocycles. The fraction of sp³-hybridized carbons (Fsp3) is 0.786. The Morgan fingerprint density at radius 1 is 1.29 bits per heavy atom. The minimum atomic E-state index is 0.953. The van der Waals surface area contributed by atoms with Crippen molar-refractivity contribution in [2.24, 2.45) is 13.0 Å². The molecular weight excluding hydrogens is 210 g/mol. The molecule has 1 aliphatic carbocycles. The molecule has 0 N–H and O–H groups in total. The molecule has 0 spiro atoms. The lowest BCUT2D eigenvalue weighted by atomic mass is 9.88. The first-order valence-electron chi connectivity index (χ1n) is 7.04. The summed E-state index contributed by atoms with van der Waals surface area (Å²) in [5, 5.41) is 0. The Morgan fingerprint density at radius 2 is 2.12 bits per heavy atom. The maximum Gasteiger partial charge on any atom is 0.0949 e. The lowest BCUT2D eigenvalue weighted by molar-refractivity contribution is 0.184. The number of fused-ring (bicyclic) bond motifs is 1. The van der Waals surface area contributed by atoms with Gasteiger partial charge in [-0.15, -0.1) is 0 Å². The minimum Gasteiger partial charge on any atom is -0.337 e. The summed E-state index contributed by atoms with van der Waals surface area (Å²) in [6, 6.07) is 0. The van der Waals surface area contributed by atoms with Crippen LogP contribution in [-0.2, 0) is 20.0 Å². The van der Waals surface area contributed by atoms with E-state index < -0.39 is 0 Å². The Bertz CT molecular complexity index is 377. The van der Waals surface area contributed by atoms with Crippen LogP contribution in [0.5, 0.6) is 0 Å². The average Bonchev–Trinajstić information content (AvgIpc) is 2.72. The van der Waals surface area contributed by atoms with E-state index in [-0.39, 0.29) is 0 Å². The van der Waals surface area contributed by atoms with E-state index in [1.807, 2.05) is 6.33 Å². The molecule has 1 fully saturated rings. The highest BCUT2D eigenvalue weighted by Gasteiger charge is 2.23. The molecular formula is C14H23N3. The minimum absolute atomic E-state index is 0.953. The number of aromatic nitrogens is 2. The van der Waals surface area contributed by atoms with Gasteiger partial charge in [0, 0.05) is 38.8 Å². The Hall–Kier alpha value is -0.830. The summed E-state index contributed by atoms with van der Waals surface area (Å²) in [6.07, 6.45) is 10.4. The number of aryl methyl sites for hydroxylation is 1. The molecule has 0 amide bonds. The van der Waals surface area contributed by atoms with Gasteiger partial charge in [0.25, 0.3) is 0 Å². The van der Waals surface area contributed by atoms with E-state index in [2.05, 4.69) is 21.5 Å². The lowest BCUT2D eigenvalue weighted by Gasteiger charge is -2.32. The van der Waals surface area contributed by atoms with Crippen molar-refractivity contribution in [2.45, 2.75) is 45.1 Å². The van der Waals surface area contributed by atoms with Crippen LogP contribution in [0.2, 0.25) is 0 Å². The molecule has 17 heavy (non-hydrogen) atoms. The van der Waals surface area contributed by atoms with Crippen molar-refractivity contribution < 1.29 is 0 Å². The van der Waals surface area contributed by atoms with Crippen molar-refractivity contribution in [2.75, 3.05) is 13.1 Å². The monoisotopic (exact) mass is 233 g/mol. The molecule has 0 aromatic carbocycles. The van der Waals surface area contributed by atoms with E-state index >= 15 is 0 Å². The molecule has 0 saturated heterocycles. The number of rotatable bonds is 2. The van der Waals surface area contributed by atoms with Gasteiger partial charge < -0.3 is 4.57 Å². The summed E-state index contributed by atoms with van der Waals surface area (Å²) < 4.78 is 2.19. The first-order valence-corrected chi connectivity index (χ1v) is 7.04. The van der Waals surface area contributed by atoms with Crippen LogP contribution in [0.3, 0.4) is 0 Å². The van der Waals surface area contributed by atoms with Crippen LogP contribution < -0.4 is 0 Å². The van der Waals surface area contributed by atoms with Crippen LogP contribution in [-0.4, -0.2) is 27.5 Å². The van der Waals surface area contributed by atoms with E-state index in [4.69, 9.17) is 0 Å². The zero-order valence-electron chi connectivity index (χ0n) is 10.9.